The molecule has 1 saturated heterocycles. The first-order chi connectivity index (χ1) is 16.9. The average Bonchev–Trinajstić information content (AvgIpc) is 3.27. The Morgan fingerprint density at radius 2 is 2.20 bits per heavy atom. The van der Waals surface area contributed by atoms with E-state index in [-0.39, 0.29) is 24.3 Å². The molecule has 5 heterocycles. The van der Waals surface area contributed by atoms with Crippen molar-refractivity contribution in [2.24, 2.45) is 0 Å². The van der Waals surface area contributed by atoms with E-state index in [0.29, 0.717) is 23.1 Å². The van der Waals surface area contributed by atoms with Gasteiger partial charge in [-0.1, -0.05) is 11.6 Å². The van der Waals surface area contributed by atoms with E-state index in [1.165, 1.54) is 12.4 Å². The Hall–Kier alpha value is -3.54. The van der Waals surface area contributed by atoms with E-state index in [4.69, 9.17) is 26.4 Å². The number of amides is 2. The summed E-state index contributed by atoms with van der Waals surface area (Å²) in [7, 11) is 0. The number of hydrogen-bond acceptors (Lipinski definition) is 9. The third kappa shape index (κ3) is 4.70. The number of halogens is 1. The fraction of sp³-hybridized carbons (Fsp3) is 0.348. The number of anilines is 3. The molecule has 1 unspecified atom stereocenters. The maximum Gasteiger partial charge on any atom is 0.329 e. The summed E-state index contributed by atoms with van der Waals surface area (Å²) in [6.07, 6.45) is 4.21. The highest BCUT2D eigenvalue weighted by atomic mass is 35.5. The van der Waals surface area contributed by atoms with Crippen LogP contribution in [0.1, 0.15) is 12.1 Å². The predicted octanol–water partition coefficient (Wildman–Crippen LogP) is 2.26. The Labute approximate surface area is 206 Å². The van der Waals surface area contributed by atoms with Gasteiger partial charge in [-0.25, -0.2) is 9.78 Å². The van der Waals surface area contributed by atoms with E-state index in [1.807, 2.05) is 25.1 Å². The third-order valence-corrected chi connectivity index (χ3v) is 6.19. The minimum absolute atomic E-state index is 0.0599. The number of hydrogen-bond donors (Lipinski definition) is 3. The Morgan fingerprint density at radius 1 is 1.34 bits per heavy atom. The zero-order valence-electron chi connectivity index (χ0n) is 18.9. The number of urea groups is 1. The normalized spacial score (nSPS) is 17.2. The van der Waals surface area contributed by atoms with Crippen molar-refractivity contribution in [3.05, 3.63) is 47.5 Å². The van der Waals surface area contributed by atoms with E-state index in [2.05, 4.69) is 25.2 Å². The Morgan fingerprint density at radius 3 is 3.00 bits per heavy atom. The quantitative estimate of drug-likeness (QED) is 0.468. The smallest absolute Gasteiger partial charge is 0.329 e. The number of carbonyl (C=O) groups excluding carboxylic acids is 1. The summed E-state index contributed by atoms with van der Waals surface area (Å²) in [4.78, 5) is 34.6. The van der Waals surface area contributed by atoms with Gasteiger partial charge in [-0.3, -0.25) is 20.2 Å². The molecule has 2 amide bonds. The zero-order valence-corrected chi connectivity index (χ0v) is 19.7. The first kappa shape index (κ1) is 23.2. The number of pyridine rings is 2. The number of nitrogens with zero attached hydrogens (tertiary/aromatic N) is 6. The lowest BCUT2D eigenvalue weighted by Gasteiger charge is -2.36. The number of ether oxygens (including phenoxy) is 1. The lowest BCUT2D eigenvalue weighted by atomic mass is 10.1. The molecule has 0 aliphatic carbocycles. The Kier molecular flexibility index (Phi) is 6.37. The van der Waals surface area contributed by atoms with E-state index in [1.54, 1.807) is 11.1 Å². The van der Waals surface area contributed by atoms with Gasteiger partial charge in [0.2, 0.25) is 5.88 Å². The van der Waals surface area contributed by atoms with Crippen molar-refractivity contribution in [3.63, 3.8) is 0 Å². The third-order valence-electron chi connectivity index (χ3n) is 5.90. The molecule has 0 saturated carbocycles. The molecular weight excluding hydrogens is 474 g/mol. The van der Waals surface area contributed by atoms with Crippen LogP contribution in [-0.2, 0) is 0 Å². The molecule has 3 aromatic rings. The van der Waals surface area contributed by atoms with Gasteiger partial charge >= 0.3 is 6.03 Å². The van der Waals surface area contributed by atoms with E-state index in [0.717, 1.165) is 29.9 Å². The molecule has 1 fully saturated rings. The average molecular weight is 498 g/mol. The number of aromatic nitrogens is 4. The van der Waals surface area contributed by atoms with Gasteiger partial charge in [0.05, 0.1) is 41.4 Å². The largest absolute Gasteiger partial charge is 0.474 e. The van der Waals surface area contributed by atoms with Crippen molar-refractivity contribution in [3.8, 4) is 17.1 Å². The van der Waals surface area contributed by atoms with Crippen LogP contribution >= 0.6 is 11.6 Å². The monoisotopic (exact) mass is 497 g/mol. The van der Waals surface area contributed by atoms with E-state index in [9.17, 15) is 9.90 Å². The number of aryl methyl sites for hydroxylation is 1. The van der Waals surface area contributed by atoms with Gasteiger partial charge < -0.3 is 19.8 Å². The van der Waals surface area contributed by atoms with Crippen LogP contribution in [-0.4, -0.2) is 74.6 Å². The molecule has 0 radical (unpaired) electrons. The number of aliphatic hydroxyl groups is 2. The zero-order chi connectivity index (χ0) is 24.5. The van der Waals surface area contributed by atoms with Gasteiger partial charge in [0.25, 0.3) is 0 Å². The van der Waals surface area contributed by atoms with Crippen molar-refractivity contribution in [2.75, 3.05) is 41.4 Å². The van der Waals surface area contributed by atoms with Gasteiger partial charge in [0, 0.05) is 30.5 Å². The molecule has 35 heavy (non-hydrogen) atoms. The van der Waals surface area contributed by atoms with Crippen molar-refractivity contribution in [2.45, 2.75) is 25.5 Å². The lowest BCUT2D eigenvalue weighted by Crippen LogP contribution is -2.48. The maximum atomic E-state index is 13.5. The van der Waals surface area contributed by atoms with Gasteiger partial charge in [-0.05, 0) is 31.5 Å². The first-order valence-electron chi connectivity index (χ1n) is 11.2. The summed E-state index contributed by atoms with van der Waals surface area (Å²) in [6, 6.07) is 5.14. The summed E-state index contributed by atoms with van der Waals surface area (Å²) in [5, 5.41) is 21.7. The highest BCUT2D eigenvalue weighted by Crippen LogP contribution is 2.43. The van der Waals surface area contributed by atoms with Crippen LogP contribution in [0.25, 0.3) is 11.3 Å². The highest BCUT2D eigenvalue weighted by molar-refractivity contribution is 6.33. The predicted molar refractivity (Wildman–Crippen MR) is 130 cm³/mol. The SMILES string of the molecule is Cc1cc(-c2nc3c(cc2Cl)N2CC[C@@H](C2)N3C(=O)Nc2cncc(OCC(O)CO)n2)ccn1. The van der Waals surface area contributed by atoms with Crippen molar-refractivity contribution >= 4 is 35.0 Å². The van der Waals surface area contributed by atoms with Crippen LogP contribution in [0.15, 0.2) is 36.8 Å². The van der Waals surface area contributed by atoms with Crippen LogP contribution < -0.4 is 19.9 Å². The number of fused-ring (bicyclic) bond motifs is 4. The summed E-state index contributed by atoms with van der Waals surface area (Å²) in [5.41, 5.74) is 3.03. The molecule has 2 aliphatic rings. The first-order valence-corrected chi connectivity index (χ1v) is 11.5. The molecule has 0 aromatic carbocycles. The molecule has 3 aromatic heterocycles. The molecule has 2 bridgehead atoms. The fourth-order valence-corrected chi connectivity index (χ4v) is 4.52. The maximum absolute atomic E-state index is 13.5. The van der Waals surface area contributed by atoms with E-state index >= 15 is 0 Å². The van der Waals surface area contributed by atoms with Gasteiger partial charge in [-0.15, -0.1) is 0 Å². The standard InChI is InChI=1S/C23H24ClN7O4/c1-13-6-14(2-4-26-13)21-17(24)7-18-22(29-21)31(15-3-5-30(18)10-15)23(34)28-19-8-25-9-20(27-19)35-12-16(33)11-32/h2,4,6-9,15-16,32-33H,3,5,10-12H2,1H3,(H,27,28,34)/t15-,16?/m0/s1. The molecule has 5 rings (SSSR count). The number of aliphatic hydroxyl groups excluding tert-OH is 2. The van der Waals surface area contributed by atoms with Gasteiger partial charge in [0.1, 0.15) is 12.7 Å². The van der Waals surface area contributed by atoms with Gasteiger partial charge in [-0.2, -0.15) is 4.98 Å². The minimum Gasteiger partial charge on any atom is -0.474 e. The number of rotatable bonds is 6. The summed E-state index contributed by atoms with van der Waals surface area (Å²) < 4.78 is 5.33. The van der Waals surface area contributed by atoms with Crippen LogP contribution in [0.5, 0.6) is 5.88 Å². The van der Waals surface area contributed by atoms with Crippen molar-refractivity contribution in [1.29, 1.82) is 0 Å². The summed E-state index contributed by atoms with van der Waals surface area (Å²) in [6.45, 7) is 2.78. The fourth-order valence-electron chi connectivity index (χ4n) is 4.26. The lowest BCUT2D eigenvalue weighted by molar-refractivity contribution is 0.0520. The van der Waals surface area contributed by atoms with Gasteiger partial charge in [0.15, 0.2) is 11.6 Å². The minimum atomic E-state index is -1.04. The van der Waals surface area contributed by atoms with E-state index < -0.39 is 18.7 Å². The van der Waals surface area contributed by atoms with Crippen LogP contribution in [0, 0.1) is 6.92 Å². The summed E-state index contributed by atoms with van der Waals surface area (Å²) in [5.74, 6) is 0.824. The second-order valence-corrected chi connectivity index (χ2v) is 8.83. The molecule has 3 N–H and O–H groups in total. The Balaban J connectivity index is 1.44. The Bertz CT molecular complexity index is 1260. The molecule has 11 nitrogen and oxygen atoms in total. The van der Waals surface area contributed by atoms with Crippen LogP contribution in [0.2, 0.25) is 5.02 Å². The molecule has 0 spiro atoms. The number of carbonyl (C=O) groups is 1. The van der Waals surface area contributed by atoms with Crippen molar-refractivity contribution < 1.29 is 19.7 Å². The molecule has 2 aliphatic heterocycles. The van der Waals surface area contributed by atoms with Crippen molar-refractivity contribution in [1.82, 2.24) is 19.9 Å². The molecular formula is C23H24ClN7O4. The molecule has 12 heteroatoms. The summed E-state index contributed by atoms with van der Waals surface area (Å²) >= 11 is 6.63. The topological polar surface area (TPSA) is 137 Å². The van der Waals surface area contributed by atoms with Crippen LogP contribution in [0.4, 0.5) is 22.1 Å². The highest BCUT2D eigenvalue weighted by Gasteiger charge is 2.41. The molecule has 2 atom stereocenters. The second kappa shape index (κ2) is 9.61. The second-order valence-electron chi connectivity index (χ2n) is 8.43. The van der Waals surface area contributed by atoms with Crippen LogP contribution in [0.3, 0.4) is 0 Å². The number of nitrogens with one attached hydrogen (secondary N) is 1. The molecule has 182 valence electrons.